The van der Waals surface area contributed by atoms with Gasteiger partial charge in [-0.2, -0.15) is 9.37 Å². The molecule has 1 amide bonds. The van der Waals surface area contributed by atoms with Crippen LogP contribution in [0, 0.1) is 6.92 Å². The van der Waals surface area contributed by atoms with Crippen LogP contribution in [0.2, 0.25) is 0 Å². The highest BCUT2D eigenvalue weighted by atomic mass is 32.1. The fraction of sp³-hybridized carbons (Fsp3) is 0.0968. The molecule has 5 rings (SSSR count). The molecule has 38 heavy (non-hydrogen) atoms. The summed E-state index contributed by atoms with van der Waals surface area (Å²) in [7, 11) is 0. The standard InChI is InChI=1S/C31H27N5OS/c1-23-17-19-26(20-18-23)30(37)32-21-28-35-38-31(36(28)22-24-11-5-2-6-12-24)34-29(25-13-7-3-8-14-25)33-27-15-9-4-10-16-27/h2-20H,21-22H2,1H3,(H,32,37). The smallest absolute Gasteiger partial charge is 0.251 e. The molecule has 1 N–H and O–H groups in total. The highest BCUT2D eigenvalue weighted by molar-refractivity contribution is 7.02. The molecule has 0 unspecified atom stereocenters. The molecule has 1 aromatic heterocycles. The summed E-state index contributed by atoms with van der Waals surface area (Å²) in [6.07, 6.45) is 0. The minimum Gasteiger partial charge on any atom is -0.345 e. The fourth-order valence-corrected chi connectivity index (χ4v) is 4.60. The first-order chi connectivity index (χ1) is 18.7. The van der Waals surface area contributed by atoms with E-state index in [0.29, 0.717) is 22.7 Å². The Hall–Kier alpha value is -4.62. The van der Waals surface area contributed by atoms with Crippen molar-refractivity contribution in [3.63, 3.8) is 0 Å². The zero-order valence-electron chi connectivity index (χ0n) is 21.0. The van der Waals surface area contributed by atoms with Gasteiger partial charge in [0.2, 0.25) is 4.80 Å². The number of hydrogen-bond acceptors (Lipinski definition) is 4. The second-order valence-corrected chi connectivity index (χ2v) is 9.48. The van der Waals surface area contributed by atoms with Crippen molar-refractivity contribution in [3.05, 3.63) is 148 Å². The molecule has 0 aliphatic carbocycles. The predicted molar refractivity (Wildman–Crippen MR) is 153 cm³/mol. The number of benzene rings is 4. The lowest BCUT2D eigenvalue weighted by Gasteiger charge is -2.10. The van der Waals surface area contributed by atoms with Gasteiger partial charge in [0.25, 0.3) is 5.91 Å². The van der Waals surface area contributed by atoms with Crippen LogP contribution in [0.5, 0.6) is 0 Å². The molecule has 6 nitrogen and oxygen atoms in total. The van der Waals surface area contributed by atoms with Crippen LogP contribution in [0.4, 0.5) is 5.69 Å². The molecule has 0 bridgehead atoms. The largest absolute Gasteiger partial charge is 0.345 e. The van der Waals surface area contributed by atoms with Crippen molar-refractivity contribution in [1.82, 2.24) is 14.3 Å². The Morgan fingerprint density at radius 1 is 0.816 bits per heavy atom. The van der Waals surface area contributed by atoms with E-state index in [1.54, 1.807) is 0 Å². The Morgan fingerprint density at radius 3 is 2.13 bits per heavy atom. The summed E-state index contributed by atoms with van der Waals surface area (Å²) in [6, 6.07) is 37.4. The van der Waals surface area contributed by atoms with Gasteiger partial charge in [-0.15, -0.1) is 0 Å². The van der Waals surface area contributed by atoms with E-state index in [-0.39, 0.29) is 12.5 Å². The SMILES string of the molecule is Cc1ccc(C(=O)NCc2nsc(=NC(=Nc3ccccc3)c3ccccc3)n2Cc2ccccc2)cc1. The topological polar surface area (TPSA) is 71.6 Å². The molecule has 1 heterocycles. The van der Waals surface area contributed by atoms with E-state index < -0.39 is 0 Å². The number of rotatable bonds is 7. The average molecular weight is 518 g/mol. The number of aromatic nitrogens is 2. The Kier molecular flexibility index (Phi) is 7.96. The molecule has 0 radical (unpaired) electrons. The molecule has 0 aliphatic heterocycles. The number of nitrogens with one attached hydrogen (secondary N) is 1. The maximum atomic E-state index is 12.8. The van der Waals surface area contributed by atoms with E-state index in [4.69, 9.17) is 9.98 Å². The summed E-state index contributed by atoms with van der Waals surface area (Å²) in [5.74, 6) is 1.18. The van der Waals surface area contributed by atoms with E-state index in [1.165, 1.54) is 11.5 Å². The molecular formula is C31H27N5OS. The van der Waals surface area contributed by atoms with E-state index in [1.807, 2.05) is 115 Å². The van der Waals surface area contributed by atoms with Crippen LogP contribution < -0.4 is 10.1 Å². The van der Waals surface area contributed by atoms with Gasteiger partial charge in [-0.1, -0.05) is 96.6 Å². The van der Waals surface area contributed by atoms with Gasteiger partial charge in [-0.25, -0.2) is 4.99 Å². The Morgan fingerprint density at radius 2 is 1.45 bits per heavy atom. The molecule has 5 aromatic rings. The van der Waals surface area contributed by atoms with Crippen LogP contribution in [-0.2, 0) is 13.1 Å². The number of carbonyl (C=O) groups excluding carboxylic acids is 1. The third-order valence-electron chi connectivity index (χ3n) is 5.90. The number of amides is 1. The molecule has 0 saturated heterocycles. The van der Waals surface area contributed by atoms with E-state index in [0.717, 1.165) is 28.2 Å². The third-order valence-corrected chi connectivity index (χ3v) is 6.68. The van der Waals surface area contributed by atoms with Crippen LogP contribution in [0.3, 0.4) is 0 Å². The van der Waals surface area contributed by atoms with Crippen LogP contribution >= 0.6 is 11.5 Å². The molecule has 188 valence electrons. The quantitative estimate of drug-likeness (QED) is 0.215. The summed E-state index contributed by atoms with van der Waals surface area (Å²) < 4.78 is 6.73. The summed E-state index contributed by atoms with van der Waals surface area (Å²) >= 11 is 1.29. The number of aliphatic imine (C=N–C) groups is 1. The van der Waals surface area contributed by atoms with Crippen molar-refractivity contribution >= 4 is 29.0 Å². The number of para-hydroxylation sites is 1. The third kappa shape index (κ3) is 6.38. The Balaban J connectivity index is 1.53. The first-order valence-electron chi connectivity index (χ1n) is 12.3. The summed E-state index contributed by atoms with van der Waals surface area (Å²) in [5.41, 5.74) is 4.57. The van der Waals surface area contributed by atoms with E-state index in [9.17, 15) is 4.79 Å². The lowest BCUT2D eigenvalue weighted by molar-refractivity contribution is 0.0949. The van der Waals surface area contributed by atoms with Crippen molar-refractivity contribution in [1.29, 1.82) is 0 Å². The van der Waals surface area contributed by atoms with Gasteiger partial charge in [0.1, 0.15) is 5.82 Å². The van der Waals surface area contributed by atoms with Gasteiger partial charge in [0.05, 0.1) is 18.8 Å². The van der Waals surface area contributed by atoms with Gasteiger partial charge in [0.15, 0.2) is 5.84 Å². The predicted octanol–water partition coefficient (Wildman–Crippen LogP) is 5.91. The molecule has 4 aromatic carbocycles. The molecule has 0 aliphatic rings. The molecule has 0 fully saturated rings. The zero-order chi connectivity index (χ0) is 26.2. The van der Waals surface area contributed by atoms with Crippen LogP contribution in [0.25, 0.3) is 0 Å². The molecular weight excluding hydrogens is 490 g/mol. The molecule has 0 atom stereocenters. The van der Waals surface area contributed by atoms with Gasteiger partial charge in [0, 0.05) is 22.7 Å². The van der Waals surface area contributed by atoms with E-state index >= 15 is 0 Å². The number of aryl methyl sites for hydroxylation is 1. The number of carbonyl (C=O) groups is 1. The molecule has 7 heteroatoms. The van der Waals surface area contributed by atoms with Crippen LogP contribution in [0.15, 0.2) is 125 Å². The van der Waals surface area contributed by atoms with Crippen molar-refractivity contribution < 1.29 is 4.79 Å². The van der Waals surface area contributed by atoms with Crippen LogP contribution in [-0.4, -0.2) is 20.7 Å². The monoisotopic (exact) mass is 517 g/mol. The normalized spacial score (nSPS) is 11.9. The average Bonchev–Trinajstić information content (AvgIpc) is 3.34. The second-order valence-electron chi connectivity index (χ2n) is 8.75. The maximum absolute atomic E-state index is 12.8. The highest BCUT2D eigenvalue weighted by Crippen LogP contribution is 2.14. The van der Waals surface area contributed by atoms with Gasteiger partial charge in [-0.3, -0.25) is 9.36 Å². The minimum absolute atomic E-state index is 0.140. The highest BCUT2D eigenvalue weighted by Gasteiger charge is 2.13. The number of hydrogen-bond donors (Lipinski definition) is 1. The van der Waals surface area contributed by atoms with Crippen molar-refractivity contribution in [2.24, 2.45) is 9.98 Å². The Labute approximate surface area is 225 Å². The summed E-state index contributed by atoms with van der Waals surface area (Å²) in [6.45, 7) is 2.85. The van der Waals surface area contributed by atoms with E-state index in [2.05, 4.69) is 21.8 Å². The van der Waals surface area contributed by atoms with Gasteiger partial charge < -0.3 is 5.32 Å². The summed E-state index contributed by atoms with van der Waals surface area (Å²) in [5, 5.41) is 3.01. The minimum atomic E-state index is -0.140. The van der Waals surface area contributed by atoms with Crippen LogP contribution in [0.1, 0.15) is 32.9 Å². The number of amidine groups is 1. The summed E-state index contributed by atoms with van der Waals surface area (Å²) in [4.78, 5) is 23.3. The molecule has 0 spiro atoms. The first-order valence-corrected chi connectivity index (χ1v) is 13.1. The lowest BCUT2D eigenvalue weighted by Crippen LogP contribution is -2.27. The van der Waals surface area contributed by atoms with Crippen molar-refractivity contribution in [3.8, 4) is 0 Å². The zero-order valence-corrected chi connectivity index (χ0v) is 21.8. The second kappa shape index (κ2) is 12.1. The lowest BCUT2D eigenvalue weighted by atomic mass is 10.1. The Bertz CT molecular complexity index is 1590. The van der Waals surface area contributed by atoms with Crippen molar-refractivity contribution in [2.75, 3.05) is 0 Å². The van der Waals surface area contributed by atoms with Gasteiger partial charge >= 0.3 is 0 Å². The first kappa shape index (κ1) is 25.0. The maximum Gasteiger partial charge on any atom is 0.251 e. The number of nitrogens with zero attached hydrogens (tertiary/aromatic N) is 4. The molecule has 0 saturated carbocycles. The van der Waals surface area contributed by atoms with Crippen molar-refractivity contribution in [2.45, 2.75) is 20.0 Å². The fourth-order valence-electron chi connectivity index (χ4n) is 3.86. The van der Waals surface area contributed by atoms with Gasteiger partial charge in [-0.05, 0) is 36.8 Å².